The second-order valence-electron chi connectivity index (χ2n) is 4.66. The molecule has 0 amide bonds. The molecular formula is C12H18N4O2. The topological polar surface area (TPSA) is 84.4 Å². The predicted octanol–water partition coefficient (Wildman–Crippen LogP) is 1.22. The molecule has 0 aliphatic carbocycles. The summed E-state index contributed by atoms with van der Waals surface area (Å²) in [6.07, 6.45) is 1.14. The van der Waals surface area contributed by atoms with Crippen LogP contribution < -0.4 is 16.0 Å². The van der Waals surface area contributed by atoms with Crippen molar-refractivity contribution in [2.75, 3.05) is 37.3 Å². The third-order valence-corrected chi connectivity index (χ3v) is 3.35. The monoisotopic (exact) mass is 250 g/mol. The molecule has 1 aliphatic heterocycles. The van der Waals surface area contributed by atoms with E-state index >= 15 is 0 Å². The predicted molar refractivity (Wildman–Crippen MR) is 71.8 cm³/mol. The normalized spacial score (nSPS) is 19.2. The number of rotatable bonds is 4. The first kappa shape index (κ1) is 12.6. The van der Waals surface area contributed by atoms with Crippen molar-refractivity contribution in [2.24, 2.45) is 5.92 Å². The summed E-state index contributed by atoms with van der Waals surface area (Å²) in [5.41, 5.74) is 6.88. The maximum Gasteiger partial charge on any atom is 0.292 e. The van der Waals surface area contributed by atoms with Gasteiger partial charge >= 0.3 is 0 Å². The summed E-state index contributed by atoms with van der Waals surface area (Å²) in [5, 5.41) is 13.9. The van der Waals surface area contributed by atoms with Crippen LogP contribution in [0, 0.1) is 16.0 Å². The van der Waals surface area contributed by atoms with Crippen molar-refractivity contribution < 1.29 is 4.92 Å². The highest BCUT2D eigenvalue weighted by Gasteiger charge is 2.23. The molecule has 1 aromatic rings. The maximum absolute atomic E-state index is 10.7. The molecule has 1 atom stereocenters. The van der Waals surface area contributed by atoms with E-state index in [0.29, 0.717) is 5.92 Å². The summed E-state index contributed by atoms with van der Waals surface area (Å²) in [6.45, 7) is 2.95. The Morgan fingerprint density at radius 2 is 2.39 bits per heavy atom. The van der Waals surface area contributed by atoms with Gasteiger partial charge in [-0.15, -0.1) is 0 Å². The van der Waals surface area contributed by atoms with Crippen molar-refractivity contribution >= 4 is 17.1 Å². The number of anilines is 2. The van der Waals surface area contributed by atoms with Gasteiger partial charge in [0, 0.05) is 24.8 Å². The largest absolute Gasteiger partial charge is 0.393 e. The van der Waals surface area contributed by atoms with Gasteiger partial charge in [-0.25, -0.2) is 0 Å². The summed E-state index contributed by atoms with van der Waals surface area (Å²) in [6, 6.07) is 4.95. The van der Waals surface area contributed by atoms with E-state index in [1.54, 1.807) is 12.1 Å². The fraction of sp³-hybridized carbons (Fsp3) is 0.500. The Bertz CT molecular complexity index is 450. The van der Waals surface area contributed by atoms with Crippen molar-refractivity contribution in [2.45, 2.75) is 6.42 Å². The average molecular weight is 250 g/mol. The molecule has 6 heteroatoms. The Labute approximate surface area is 106 Å². The second kappa shape index (κ2) is 5.22. The first-order chi connectivity index (χ1) is 8.61. The molecule has 6 nitrogen and oxygen atoms in total. The van der Waals surface area contributed by atoms with Crippen molar-refractivity contribution in [1.29, 1.82) is 0 Å². The number of nitro groups is 1. The highest BCUT2D eigenvalue weighted by molar-refractivity contribution is 5.66. The highest BCUT2D eigenvalue weighted by Crippen LogP contribution is 2.29. The van der Waals surface area contributed by atoms with Crippen molar-refractivity contribution in [1.82, 2.24) is 5.32 Å². The average Bonchev–Trinajstić information content (AvgIpc) is 2.77. The third-order valence-electron chi connectivity index (χ3n) is 3.35. The molecule has 1 aromatic carbocycles. The number of hydrogen-bond acceptors (Lipinski definition) is 5. The zero-order valence-corrected chi connectivity index (χ0v) is 10.4. The number of nitrogens with zero attached hydrogens (tertiary/aromatic N) is 2. The first-order valence-corrected chi connectivity index (χ1v) is 6.05. The minimum absolute atomic E-state index is 0.0234. The molecule has 2 rings (SSSR count). The number of benzene rings is 1. The van der Waals surface area contributed by atoms with Gasteiger partial charge in [-0.05, 0) is 38.1 Å². The van der Waals surface area contributed by atoms with Crippen molar-refractivity contribution in [3.63, 3.8) is 0 Å². The lowest BCUT2D eigenvalue weighted by Gasteiger charge is -2.19. The number of nitro benzene ring substituents is 1. The fourth-order valence-electron chi connectivity index (χ4n) is 2.43. The van der Waals surface area contributed by atoms with Crippen LogP contribution in [-0.4, -0.2) is 31.6 Å². The molecule has 1 heterocycles. The summed E-state index contributed by atoms with van der Waals surface area (Å²) in [7, 11) is 1.95. The summed E-state index contributed by atoms with van der Waals surface area (Å²) in [4.78, 5) is 12.5. The minimum atomic E-state index is -0.451. The van der Waals surface area contributed by atoms with Gasteiger partial charge in [0.05, 0.1) is 4.92 Å². The number of hydrogen-bond donors (Lipinski definition) is 2. The van der Waals surface area contributed by atoms with E-state index in [2.05, 4.69) is 10.2 Å². The van der Waals surface area contributed by atoms with Gasteiger partial charge in [0.25, 0.3) is 5.69 Å². The second-order valence-corrected chi connectivity index (χ2v) is 4.66. The Morgan fingerprint density at radius 1 is 1.61 bits per heavy atom. The van der Waals surface area contributed by atoms with Crippen LogP contribution in [0.2, 0.25) is 0 Å². The van der Waals surface area contributed by atoms with Crippen LogP contribution in [-0.2, 0) is 0 Å². The van der Waals surface area contributed by atoms with Crippen molar-refractivity contribution in [3.05, 3.63) is 28.3 Å². The van der Waals surface area contributed by atoms with Crippen LogP contribution in [0.15, 0.2) is 18.2 Å². The van der Waals surface area contributed by atoms with Gasteiger partial charge in [0.15, 0.2) is 0 Å². The molecular weight excluding hydrogens is 232 g/mol. The van der Waals surface area contributed by atoms with Gasteiger partial charge in [0.1, 0.15) is 5.69 Å². The zero-order chi connectivity index (χ0) is 13.1. The SMILES string of the molecule is CNCC1CCN(c2ccc([N+](=O)[O-])c(N)c2)C1. The molecule has 98 valence electrons. The molecule has 0 bridgehead atoms. The molecule has 1 unspecified atom stereocenters. The van der Waals surface area contributed by atoms with Crippen LogP contribution in [0.5, 0.6) is 0 Å². The van der Waals surface area contributed by atoms with Gasteiger partial charge in [-0.3, -0.25) is 10.1 Å². The van der Waals surface area contributed by atoms with E-state index in [-0.39, 0.29) is 11.4 Å². The minimum Gasteiger partial charge on any atom is -0.393 e. The van der Waals surface area contributed by atoms with Crippen LogP contribution >= 0.6 is 0 Å². The van der Waals surface area contributed by atoms with E-state index in [9.17, 15) is 10.1 Å². The molecule has 18 heavy (non-hydrogen) atoms. The van der Waals surface area contributed by atoms with E-state index in [0.717, 1.165) is 31.7 Å². The zero-order valence-electron chi connectivity index (χ0n) is 10.4. The summed E-state index contributed by atoms with van der Waals surface area (Å²) < 4.78 is 0. The van der Waals surface area contributed by atoms with E-state index in [1.807, 2.05) is 7.05 Å². The molecule has 3 N–H and O–H groups in total. The lowest BCUT2D eigenvalue weighted by Crippen LogP contribution is -2.24. The van der Waals surface area contributed by atoms with Crippen LogP contribution in [0.1, 0.15) is 6.42 Å². The van der Waals surface area contributed by atoms with Crippen LogP contribution in [0.4, 0.5) is 17.1 Å². The van der Waals surface area contributed by atoms with Gasteiger partial charge in [0.2, 0.25) is 0 Å². The van der Waals surface area contributed by atoms with E-state index in [1.165, 1.54) is 6.07 Å². The van der Waals surface area contributed by atoms with Crippen LogP contribution in [0.3, 0.4) is 0 Å². The molecule has 0 spiro atoms. The Hall–Kier alpha value is -1.82. The lowest BCUT2D eigenvalue weighted by atomic mass is 10.1. The molecule has 1 saturated heterocycles. The third kappa shape index (κ3) is 2.53. The highest BCUT2D eigenvalue weighted by atomic mass is 16.6. The van der Waals surface area contributed by atoms with Crippen molar-refractivity contribution in [3.8, 4) is 0 Å². The van der Waals surface area contributed by atoms with E-state index < -0.39 is 4.92 Å². The van der Waals surface area contributed by atoms with Gasteiger partial charge < -0.3 is 16.0 Å². The van der Waals surface area contributed by atoms with Crippen LogP contribution in [0.25, 0.3) is 0 Å². The first-order valence-electron chi connectivity index (χ1n) is 6.05. The Morgan fingerprint density at radius 3 is 3.00 bits per heavy atom. The standard InChI is InChI=1S/C12H18N4O2/c1-14-7-9-4-5-15(8-9)10-2-3-12(16(17)18)11(13)6-10/h2-3,6,9,14H,4-5,7-8,13H2,1H3. The Balaban J connectivity index is 2.11. The number of nitrogens with two attached hydrogens (primary N) is 1. The molecule has 0 saturated carbocycles. The fourth-order valence-corrected chi connectivity index (χ4v) is 2.43. The summed E-state index contributed by atoms with van der Waals surface area (Å²) >= 11 is 0. The smallest absolute Gasteiger partial charge is 0.292 e. The van der Waals surface area contributed by atoms with Gasteiger partial charge in [-0.1, -0.05) is 0 Å². The number of nitrogens with one attached hydrogen (secondary N) is 1. The summed E-state index contributed by atoms with van der Waals surface area (Å²) in [5.74, 6) is 0.631. The van der Waals surface area contributed by atoms with E-state index in [4.69, 9.17) is 5.73 Å². The van der Waals surface area contributed by atoms with Gasteiger partial charge in [-0.2, -0.15) is 0 Å². The molecule has 1 aliphatic rings. The molecule has 0 radical (unpaired) electrons. The Kier molecular flexibility index (Phi) is 3.66. The quantitative estimate of drug-likeness (QED) is 0.477. The number of nitrogen functional groups attached to an aromatic ring is 1. The maximum atomic E-state index is 10.7. The molecule has 0 aromatic heterocycles. The molecule has 1 fully saturated rings. The lowest BCUT2D eigenvalue weighted by molar-refractivity contribution is -0.383.